The van der Waals surface area contributed by atoms with Crippen LogP contribution in [0.2, 0.25) is 0 Å². The van der Waals surface area contributed by atoms with Crippen molar-refractivity contribution in [3.8, 4) is 0 Å². The number of carbonyl (C=O) groups is 1. The molecule has 1 aromatic carbocycles. The first-order chi connectivity index (χ1) is 10.1. The molecule has 1 saturated carbocycles. The van der Waals surface area contributed by atoms with E-state index < -0.39 is 0 Å². The second-order valence-electron chi connectivity index (χ2n) is 6.73. The minimum atomic E-state index is 0. The van der Waals surface area contributed by atoms with Gasteiger partial charge in [-0.15, -0.1) is 12.4 Å². The molecule has 2 rings (SSSR count). The van der Waals surface area contributed by atoms with E-state index in [1.54, 1.807) is 0 Å². The van der Waals surface area contributed by atoms with Crippen LogP contribution in [0.15, 0.2) is 30.3 Å². The molecule has 4 heteroatoms. The number of nitrogens with one attached hydrogen (secondary N) is 1. The number of benzene rings is 1. The fourth-order valence-electron chi connectivity index (χ4n) is 3.19. The fraction of sp³-hybridized carbons (Fsp3) is 0.611. The molecule has 0 bridgehead atoms. The molecule has 124 valence electrons. The molecule has 3 nitrogen and oxygen atoms in total. The highest BCUT2D eigenvalue weighted by atomic mass is 35.5. The first-order valence-electron chi connectivity index (χ1n) is 8.17. The van der Waals surface area contributed by atoms with Gasteiger partial charge in [0.25, 0.3) is 0 Å². The van der Waals surface area contributed by atoms with Gasteiger partial charge < -0.3 is 11.1 Å². The Bertz CT molecular complexity index is 450. The third kappa shape index (κ3) is 5.62. The first kappa shape index (κ1) is 19.0. The van der Waals surface area contributed by atoms with Crippen LogP contribution in [0.1, 0.15) is 57.6 Å². The predicted molar refractivity (Wildman–Crippen MR) is 94.0 cm³/mol. The van der Waals surface area contributed by atoms with Crippen LogP contribution < -0.4 is 11.1 Å². The van der Waals surface area contributed by atoms with Crippen molar-refractivity contribution in [3.05, 3.63) is 35.9 Å². The molecule has 1 amide bonds. The number of carbonyl (C=O) groups excluding carboxylic acids is 1. The summed E-state index contributed by atoms with van der Waals surface area (Å²) in [6.45, 7) is 4.39. The molecule has 0 heterocycles. The maximum absolute atomic E-state index is 12.5. The van der Waals surface area contributed by atoms with Crippen molar-refractivity contribution < 1.29 is 4.79 Å². The van der Waals surface area contributed by atoms with Crippen molar-refractivity contribution >= 4 is 18.3 Å². The average Bonchev–Trinajstić information content (AvgIpc) is 2.47. The number of hydrogen-bond donors (Lipinski definition) is 2. The summed E-state index contributed by atoms with van der Waals surface area (Å²) >= 11 is 0. The van der Waals surface area contributed by atoms with Gasteiger partial charge in [-0.05, 0) is 37.2 Å². The van der Waals surface area contributed by atoms with Crippen LogP contribution in [0.3, 0.4) is 0 Å². The summed E-state index contributed by atoms with van der Waals surface area (Å²) in [6, 6.07) is 10.6. The van der Waals surface area contributed by atoms with Crippen LogP contribution in [0, 0.1) is 11.8 Å². The quantitative estimate of drug-likeness (QED) is 0.864. The summed E-state index contributed by atoms with van der Waals surface area (Å²) < 4.78 is 0. The monoisotopic (exact) mass is 324 g/mol. The Kier molecular flexibility index (Phi) is 7.91. The molecule has 0 aliphatic heterocycles. The summed E-state index contributed by atoms with van der Waals surface area (Å²) in [4.78, 5) is 12.5. The standard InChI is InChI=1S/C18H28N2O.ClH/c1-13(2)11-17(14-7-4-3-5-8-14)20-18(21)15-9-6-10-16(19)12-15;/h3-5,7-8,13,15-17H,6,9-12,19H2,1-2H3,(H,20,21);1H. The number of halogens is 1. The van der Waals surface area contributed by atoms with E-state index in [-0.39, 0.29) is 36.3 Å². The van der Waals surface area contributed by atoms with Crippen molar-refractivity contribution in [2.75, 3.05) is 0 Å². The normalized spacial score (nSPS) is 22.7. The molecule has 3 N–H and O–H groups in total. The largest absolute Gasteiger partial charge is 0.349 e. The maximum Gasteiger partial charge on any atom is 0.223 e. The van der Waals surface area contributed by atoms with Crippen molar-refractivity contribution in [3.63, 3.8) is 0 Å². The summed E-state index contributed by atoms with van der Waals surface area (Å²) in [7, 11) is 0. The Morgan fingerprint density at radius 3 is 2.55 bits per heavy atom. The van der Waals surface area contributed by atoms with Crippen LogP contribution >= 0.6 is 12.4 Å². The lowest BCUT2D eigenvalue weighted by molar-refractivity contribution is -0.127. The SMILES string of the molecule is CC(C)CC(NC(=O)C1CCCC(N)C1)c1ccccc1.Cl. The molecule has 3 unspecified atom stereocenters. The van der Waals surface area contributed by atoms with Crippen molar-refractivity contribution in [1.29, 1.82) is 0 Å². The van der Waals surface area contributed by atoms with E-state index in [4.69, 9.17) is 5.73 Å². The zero-order chi connectivity index (χ0) is 15.2. The molecule has 1 aliphatic rings. The molecule has 3 atom stereocenters. The zero-order valence-electron chi connectivity index (χ0n) is 13.6. The van der Waals surface area contributed by atoms with Crippen LogP contribution in [0.5, 0.6) is 0 Å². The summed E-state index contributed by atoms with van der Waals surface area (Å²) in [6.07, 6.45) is 4.89. The third-order valence-corrected chi connectivity index (χ3v) is 4.31. The second kappa shape index (κ2) is 9.16. The van der Waals surface area contributed by atoms with Crippen LogP contribution in [0.25, 0.3) is 0 Å². The number of hydrogen-bond acceptors (Lipinski definition) is 2. The van der Waals surface area contributed by atoms with E-state index in [9.17, 15) is 4.79 Å². The lowest BCUT2D eigenvalue weighted by Crippen LogP contribution is -2.39. The summed E-state index contributed by atoms with van der Waals surface area (Å²) in [5.41, 5.74) is 7.20. The Morgan fingerprint density at radius 2 is 1.95 bits per heavy atom. The van der Waals surface area contributed by atoms with Crippen molar-refractivity contribution in [2.24, 2.45) is 17.6 Å². The highest BCUT2D eigenvalue weighted by molar-refractivity contribution is 5.85. The minimum Gasteiger partial charge on any atom is -0.349 e. The molecule has 0 aromatic heterocycles. The highest BCUT2D eigenvalue weighted by Crippen LogP contribution is 2.26. The topological polar surface area (TPSA) is 55.1 Å². The number of rotatable bonds is 5. The zero-order valence-corrected chi connectivity index (χ0v) is 14.4. The van der Waals surface area contributed by atoms with E-state index >= 15 is 0 Å². The van der Waals surface area contributed by atoms with Crippen LogP contribution in [-0.4, -0.2) is 11.9 Å². The fourth-order valence-corrected chi connectivity index (χ4v) is 3.19. The molecule has 0 spiro atoms. The molecule has 1 fully saturated rings. The van der Waals surface area contributed by atoms with Gasteiger partial charge in [0.1, 0.15) is 0 Å². The molecular formula is C18H29ClN2O. The first-order valence-corrected chi connectivity index (χ1v) is 8.17. The van der Waals surface area contributed by atoms with Crippen LogP contribution in [0.4, 0.5) is 0 Å². The van der Waals surface area contributed by atoms with Gasteiger partial charge in [0.15, 0.2) is 0 Å². The van der Waals surface area contributed by atoms with Crippen molar-refractivity contribution in [1.82, 2.24) is 5.32 Å². The van der Waals surface area contributed by atoms with Crippen LogP contribution in [-0.2, 0) is 4.79 Å². The Balaban J connectivity index is 0.00000242. The summed E-state index contributed by atoms with van der Waals surface area (Å²) in [5.74, 6) is 0.816. The third-order valence-electron chi connectivity index (χ3n) is 4.31. The second-order valence-corrected chi connectivity index (χ2v) is 6.73. The Hall–Kier alpha value is -1.06. The Morgan fingerprint density at radius 1 is 1.27 bits per heavy atom. The maximum atomic E-state index is 12.5. The van der Waals surface area contributed by atoms with Gasteiger partial charge in [-0.1, -0.05) is 50.6 Å². The number of nitrogens with two attached hydrogens (primary N) is 1. The lowest BCUT2D eigenvalue weighted by atomic mass is 9.85. The molecule has 22 heavy (non-hydrogen) atoms. The highest BCUT2D eigenvalue weighted by Gasteiger charge is 2.27. The van der Waals surface area contributed by atoms with Gasteiger partial charge in [-0.25, -0.2) is 0 Å². The van der Waals surface area contributed by atoms with E-state index in [0.717, 1.165) is 32.1 Å². The van der Waals surface area contributed by atoms with E-state index in [1.807, 2.05) is 18.2 Å². The van der Waals surface area contributed by atoms with E-state index in [1.165, 1.54) is 5.56 Å². The van der Waals surface area contributed by atoms with Crippen molar-refractivity contribution in [2.45, 2.75) is 58.0 Å². The van der Waals surface area contributed by atoms with Gasteiger partial charge >= 0.3 is 0 Å². The van der Waals surface area contributed by atoms with E-state index in [0.29, 0.717) is 5.92 Å². The molecule has 1 aliphatic carbocycles. The van der Waals surface area contributed by atoms with Gasteiger partial charge in [0.05, 0.1) is 6.04 Å². The molecule has 0 saturated heterocycles. The van der Waals surface area contributed by atoms with Gasteiger partial charge in [0, 0.05) is 12.0 Å². The smallest absolute Gasteiger partial charge is 0.223 e. The van der Waals surface area contributed by atoms with Gasteiger partial charge in [-0.2, -0.15) is 0 Å². The minimum absolute atomic E-state index is 0. The Labute approximate surface area is 140 Å². The summed E-state index contributed by atoms with van der Waals surface area (Å²) in [5, 5.41) is 3.26. The molecule has 1 aromatic rings. The number of amides is 1. The predicted octanol–water partition coefficient (Wildman–Crippen LogP) is 3.83. The van der Waals surface area contributed by atoms with E-state index in [2.05, 4.69) is 31.3 Å². The van der Waals surface area contributed by atoms with Gasteiger partial charge in [0.2, 0.25) is 5.91 Å². The van der Waals surface area contributed by atoms with Gasteiger partial charge in [-0.3, -0.25) is 4.79 Å². The lowest BCUT2D eigenvalue weighted by Gasteiger charge is -2.28. The molecule has 0 radical (unpaired) electrons. The molecular weight excluding hydrogens is 296 g/mol. The average molecular weight is 325 g/mol.